The van der Waals surface area contributed by atoms with Crippen LogP contribution in [0.2, 0.25) is 0 Å². The van der Waals surface area contributed by atoms with Crippen molar-refractivity contribution in [2.75, 3.05) is 32.8 Å². The molecule has 6 nitrogen and oxygen atoms in total. The summed E-state index contributed by atoms with van der Waals surface area (Å²) in [6.07, 6.45) is 9.30. The molecule has 34 heavy (non-hydrogen) atoms. The summed E-state index contributed by atoms with van der Waals surface area (Å²) < 4.78 is 21.4. The van der Waals surface area contributed by atoms with E-state index in [-0.39, 0.29) is 11.7 Å². The Kier molecular flexibility index (Phi) is 6.81. The fourth-order valence-corrected chi connectivity index (χ4v) is 5.30. The molecule has 1 aromatic carbocycles. The standard InChI is InChI=1S/C27H33FN4O2/c1-20-4-2-12-30(20)13-3-17-34-25-18-22-9-16-32(26(22)29-19-25)24-10-14-31(15-11-24)27(33)21-5-7-23(28)8-6-21/h5-9,16,18-20,24H,2-4,10-15,17H2,1H3/t20-/m1/s1. The van der Waals surface area contributed by atoms with Gasteiger partial charge in [0.25, 0.3) is 5.91 Å². The van der Waals surface area contributed by atoms with E-state index < -0.39 is 0 Å². The summed E-state index contributed by atoms with van der Waals surface area (Å²) in [5.74, 6) is 0.460. The van der Waals surface area contributed by atoms with E-state index in [0.717, 1.165) is 42.6 Å². The molecule has 3 aromatic rings. The Morgan fingerprint density at radius 3 is 2.65 bits per heavy atom. The summed E-state index contributed by atoms with van der Waals surface area (Å²) in [7, 11) is 0. The summed E-state index contributed by atoms with van der Waals surface area (Å²) in [5.41, 5.74) is 1.50. The van der Waals surface area contributed by atoms with Crippen LogP contribution in [0.4, 0.5) is 4.39 Å². The maximum atomic E-state index is 13.2. The highest BCUT2D eigenvalue weighted by molar-refractivity contribution is 5.94. The highest BCUT2D eigenvalue weighted by Crippen LogP contribution is 2.29. The lowest BCUT2D eigenvalue weighted by molar-refractivity contribution is 0.0696. The number of carbonyl (C=O) groups is 1. The highest BCUT2D eigenvalue weighted by Gasteiger charge is 2.25. The Morgan fingerprint density at radius 2 is 1.91 bits per heavy atom. The van der Waals surface area contributed by atoms with Gasteiger partial charge in [-0.15, -0.1) is 0 Å². The highest BCUT2D eigenvalue weighted by atomic mass is 19.1. The fourth-order valence-electron chi connectivity index (χ4n) is 5.30. The number of rotatable bonds is 7. The second-order valence-electron chi connectivity index (χ2n) is 9.57. The molecule has 2 fully saturated rings. The van der Waals surface area contributed by atoms with Crippen molar-refractivity contribution in [3.05, 3.63) is 60.2 Å². The number of aromatic nitrogens is 2. The third-order valence-electron chi connectivity index (χ3n) is 7.31. The molecule has 7 heteroatoms. The van der Waals surface area contributed by atoms with Gasteiger partial charge < -0.3 is 19.1 Å². The van der Waals surface area contributed by atoms with Crippen molar-refractivity contribution < 1.29 is 13.9 Å². The molecule has 0 N–H and O–H groups in total. The van der Waals surface area contributed by atoms with Gasteiger partial charge in [-0.3, -0.25) is 4.79 Å². The van der Waals surface area contributed by atoms with E-state index in [4.69, 9.17) is 9.72 Å². The van der Waals surface area contributed by atoms with E-state index in [1.165, 1.54) is 31.5 Å². The van der Waals surface area contributed by atoms with Crippen LogP contribution in [0.15, 0.2) is 48.8 Å². The first-order chi connectivity index (χ1) is 16.6. The van der Waals surface area contributed by atoms with Crippen LogP contribution >= 0.6 is 0 Å². The molecule has 5 rings (SSSR count). The lowest BCUT2D eigenvalue weighted by Gasteiger charge is -2.33. The average molecular weight is 465 g/mol. The van der Waals surface area contributed by atoms with Crippen LogP contribution in [0.25, 0.3) is 11.0 Å². The zero-order valence-electron chi connectivity index (χ0n) is 19.8. The molecule has 2 aliphatic rings. The van der Waals surface area contributed by atoms with Gasteiger partial charge >= 0.3 is 0 Å². The van der Waals surface area contributed by atoms with E-state index in [1.54, 1.807) is 12.1 Å². The lowest BCUT2D eigenvalue weighted by atomic mass is 10.0. The normalized spacial score (nSPS) is 19.7. The molecule has 4 heterocycles. The predicted molar refractivity (Wildman–Crippen MR) is 131 cm³/mol. The minimum atomic E-state index is -0.326. The van der Waals surface area contributed by atoms with E-state index in [0.29, 0.717) is 37.3 Å². The number of benzene rings is 1. The minimum Gasteiger partial charge on any atom is -0.492 e. The SMILES string of the molecule is C[C@@H]1CCCN1CCCOc1cnc2c(ccn2C2CCN(C(=O)c3ccc(F)cc3)CC2)c1. The number of carbonyl (C=O) groups excluding carboxylic acids is 1. The summed E-state index contributed by atoms with van der Waals surface area (Å²) in [4.78, 5) is 21.8. The minimum absolute atomic E-state index is 0.0325. The van der Waals surface area contributed by atoms with Gasteiger partial charge in [-0.1, -0.05) is 0 Å². The third-order valence-corrected chi connectivity index (χ3v) is 7.31. The van der Waals surface area contributed by atoms with Gasteiger partial charge in [0.2, 0.25) is 0 Å². The van der Waals surface area contributed by atoms with Crippen molar-refractivity contribution in [2.24, 2.45) is 0 Å². The summed E-state index contributed by atoms with van der Waals surface area (Å²) in [6, 6.07) is 11.0. The van der Waals surface area contributed by atoms with E-state index >= 15 is 0 Å². The molecule has 1 atom stereocenters. The predicted octanol–water partition coefficient (Wildman–Crippen LogP) is 4.91. The van der Waals surface area contributed by atoms with Gasteiger partial charge in [-0.2, -0.15) is 0 Å². The van der Waals surface area contributed by atoms with Gasteiger partial charge in [0, 0.05) is 48.9 Å². The van der Waals surface area contributed by atoms with Gasteiger partial charge in [-0.25, -0.2) is 9.37 Å². The quantitative estimate of drug-likeness (QED) is 0.467. The first-order valence-corrected chi connectivity index (χ1v) is 12.5. The second-order valence-corrected chi connectivity index (χ2v) is 9.57. The largest absolute Gasteiger partial charge is 0.492 e. The first kappa shape index (κ1) is 22.8. The third kappa shape index (κ3) is 4.94. The molecule has 0 radical (unpaired) electrons. The summed E-state index contributed by atoms with van der Waals surface area (Å²) in [5, 5.41) is 1.08. The number of likely N-dealkylation sites (tertiary alicyclic amines) is 2. The number of halogens is 1. The number of piperidine rings is 1. The van der Waals surface area contributed by atoms with Crippen LogP contribution in [0, 0.1) is 5.82 Å². The molecule has 180 valence electrons. The number of amides is 1. The Balaban J connectivity index is 1.15. The summed E-state index contributed by atoms with van der Waals surface area (Å²) in [6.45, 7) is 6.67. The molecule has 2 aliphatic heterocycles. The Bertz CT molecular complexity index is 1120. The monoisotopic (exact) mass is 464 g/mol. The Hall–Kier alpha value is -2.93. The van der Waals surface area contributed by atoms with Crippen molar-refractivity contribution in [1.29, 1.82) is 0 Å². The maximum absolute atomic E-state index is 13.2. The smallest absolute Gasteiger partial charge is 0.253 e. The van der Waals surface area contributed by atoms with Crippen LogP contribution in [0.3, 0.4) is 0 Å². The molecule has 0 spiro atoms. The molecule has 2 saturated heterocycles. The Labute approximate surface area is 200 Å². The van der Waals surface area contributed by atoms with Gasteiger partial charge in [0.15, 0.2) is 0 Å². The molecular weight excluding hydrogens is 431 g/mol. The van der Waals surface area contributed by atoms with Crippen molar-refractivity contribution in [1.82, 2.24) is 19.4 Å². The molecule has 1 amide bonds. The molecule has 0 aliphatic carbocycles. The van der Waals surface area contributed by atoms with Crippen molar-refractivity contribution >= 4 is 16.9 Å². The Morgan fingerprint density at radius 1 is 1.12 bits per heavy atom. The summed E-state index contributed by atoms with van der Waals surface area (Å²) >= 11 is 0. The van der Waals surface area contributed by atoms with Gasteiger partial charge in [0.05, 0.1) is 12.8 Å². The zero-order chi connectivity index (χ0) is 23.5. The topological polar surface area (TPSA) is 50.6 Å². The number of ether oxygens (including phenoxy) is 1. The lowest BCUT2D eigenvalue weighted by Crippen LogP contribution is -2.39. The van der Waals surface area contributed by atoms with Crippen LogP contribution in [0.5, 0.6) is 5.75 Å². The molecular formula is C27H33FN4O2. The average Bonchev–Trinajstić information content (AvgIpc) is 3.47. The van der Waals surface area contributed by atoms with Gasteiger partial charge in [-0.05, 0) is 82.0 Å². The number of pyridine rings is 1. The van der Waals surface area contributed by atoms with Crippen molar-refractivity contribution in [2.45, 2.75) is 51.1 Å². The van der Waals surface area contributed by atoms with Crippen molar-refractivity contribution in [3.63, 3.8) is 0 Å². The zero-order valence-corrected chi connectivity index (χ0v) is 19.8. The molecule has 0 unspecified atom stereocenters. The van der Waals surface area contributed by atoms with Gasteiger partial charge in [0.1, 0.15) is 17.2 Å². The maximum Gasteiger partial charge on any atom is 0.253 e. The van der Waals surface area contributed by atoms with E-state index in [1.807, 2.05) is 11.1 Å². The molecule has 2 aromatic heterocycles. The second kappa shape index (κ2) is 10.1. The number of fused-ring (bicyclic) bond motifs is 1. The van der Waals surface area contributed by atoms with Crippen LogP contribution in [-0.2, 0) is 0 Å². The fraction of sp³-hybridized carbons (Fsp3) is 0.481. The molecule has 0 bridgehead atoms. The number of nitrogens with zero attached hydrogens (tertiary/aromatic N) is 4. The van der Waals surface area contributed by atoms with E-state index in [9.17, 15) is 9.18 Å². The first-order valence-electron chi connectivity index (χ1n) is 12.5. The van der Waals surface area contributed by atoms with Crippen LogP contribution < -0.4 is 4.74 Å². The number of hydrogen-bond donors (Lipinski definition) is 0. The number of hydrogen-bond acceptors (Lipinski definition) is 4. The van der Waals surface area contributed by atoms with E-state index in [2.05, 4.69) is 34.7 Å². The van der Waals surface area contributed by atoms with Crippen LogP contribution in [-0.4, -0.2) is 64.1 Å². The van der Waals surface area contributed by atoms with Crippen molar-refractivity contribution in [3.8, 4) is 5.75 Å². The van der Waals surface area contributed by atoms with Crippen LogP contribution in [0.1, 0.15) is 55.4 Å². The molecule has 0 saturated carbocycles.